The minimum atomic E-state index is 0.157. The molecule has 2 rings (SSSR count). The first-order valence-corrected chi connectivity index (χ1v) is 6.66. The van der Waals surface area contributed by atoms with E-state index in [-0.39, 0.29) is 5.41 Å². The van der Waals surface area contributed by atoms with Crippen molar-refractivity contribution in [1.82, 2.24) is 9.78 Å². The summed E-state index contributed by atoms with van der Waals surface area (Å²) in [5.41, 5.74) is 3.73. The topological polar surface area (TPSA) is 17.8 Å². The lowest BCUT2D eigenvalue weighted by atomic mass is 9.85. The number of nitrogens with zero attached hydrogens (tertiary/aromatic N) is 2. The fourth-order valence-corrected chi connectivity index (χ4v) is 2.28. The molecule has 0 aliphatic heterocycles. The van der Waals surface area contributed by atoms with Gasteiger partial charge in [-0.25, -0.2) is 4.68 Å². The third kappa shape index (κ3) is 2.63. The SMILES string of the molecule is CCCC(C)(C)c1ccn(-c2ccc(C)cc2)n1. The van der Waals surface area contributed by atoms with Crippen molar-refractivity contribution in [2.75, 3.05) is 0 Å². The molecule has 96 valence electrons. The van der Waals surface area contributed by atoms with E-state index in [1.54, 1.807) is 0 Å². The van der Waals surface area contributed by atoms with Gasteiger partial charge in [0.1, 0.15) is 0 Å². The molecule has 0 unspecified atom stereocenters. The molecule has 1 aromatic heterocycles. The van der Waals surface area contributed by atoms with Crippen molar-refractivity contribution in [2.45, 2.75) is 46.0 Å². The summed E-state index contributed by atoms with van der Waals surface area (Å²) in [4.78, 5) is 0. The predicted molar refractivity (Wildman–Crippen MR) is 76.2 cm³/mol. The largest absolute Gasteiger partial charge is 0.241 e. The van der Waals surface area contributed by atoms with E-state index in [2.05, 4.69) is 64.2 Å². The molecule has 0 amide bonds. The summed E-state index contributed by atoms with van der Waals surface area (Å²) in [5, 5.41) is 4.72. The van der Waals surface area contributed by atoms with Crippen LogP contribution in [0.2, 0.25) is 0 Å². The van der Waals surface area contributed by atoms with E-state index in [4.69, 9.17) is 5.10 Å². The second kappa shape index (κ2) is 4.97. The Balaban J connectivity index is 2.28. The van der Waals surface area contributed by atoms with Crippen molar-refractivity contribution in [3.05, 3.63) is 47.8 Å². The van der Waals surface area contributed by atoms with Crippen LogP contribution in [-0.2, 0) is 5.41 Å². The molecule has 0 aliphatic carbocycles. The van der Waals surface area contributed by atoms with Crippen molar-refractivity contribution in [1.29, 1.82) is 0 Å². The Morgan fingerprint density at radius 1 is 1.11 bits per heavy atom. The zero-order chi connectivity index (χ0) is 13.2. The highest BCUT2D eigenvalue weighted by atomic mass is 15.3. The summed E-state index contributed by atoms with van der Waals surface area (Å²) < 4.78 is 1.96. The van der Waals surface area contributed by atoms with Crippen molar-refractivity contribution >= 4 is 0 Å². The van der Waals surface area contributed by atoms with Crippen LogP contribution >= 0.6 is 0 Å². The number of benzene rings is 1. The van der Waals surface area contributed by atoms with Crippen LogP contribution < -0.4 is 0 Å². The van der Waals surface area contributed by atoms with E-state index in [1.807, 2.05) is 4.68 Å². The molecule has 0 bridgehead atoms. The van der Waals surface area contributed by atoms with E-state index in [0.29, 0.717) is 0 Å². The van der Waals surface area contributed by atoms with Gasteiger partial charge in [-0.15, -0.1) is 0 Å². The van der Waals surface area contributed by atoms with E-state index in [1.165, 1.54) is 17.7 Å². The summed E-state index contributed by atoms with van der Waals surface area (Å²) in [5.74, 6) is 0. The minimum absolute atomic E-state index is 0.157. The highest BCUT2D eigenvalue weighted by Gasteiger charge is 2.22. The number of hydrogen-bond acceptors (Lipinski definition) is 1. The molecule has 0 saturated carbocycles. The summed E-state index contributed by atoms with van der Waals surface area (Å²) in [6.07, 6.45) is 4.40. The van der Waals surface area contributed by atoms with Crippen LogP contribution in [0.25, 0.3) is 5.69 Å². The number of hydrogen-bond donors (Lipinski definition) is 0. The Hall–Kier alpha value is -1.57. The third-order valence-corrected chi connectivity index (χ3v) is 3.46. The average Bonchev–Trinajstić information content (AvgIpc) is 2.80. The third-order valence-electron chi connectivity index (χ3n) is 3.46. The zero-order valence-corrected chi connectivity index (χ0v) is 11.8. The smallest absolute Gasteiger partial charge is 0.0685 e. The maximum Gasteiger partial charge on any atom is 0.0685 e. The molecular formula is C16H22N2. The van der Waals surface area contributed by atoms with Crippen LogP contribution in [0.5, 0.6) is 0 Å². The lowest BCUT2D eigenvalue weighted by molar-refractivity contribution is 0.456. The quantitative estimate of drug-likeness (QED) is 0.783. The van der Waals surface area contributed by atoms with Gasteiger partial charge in [-0.3, -0.25) is 0 Å². The van der Waals surface area contributed by atoms with E-state index < -0.39 is 0 Å². The van der Waals surface area contributed by atoms with Gasteiger partial charge < -0.3 is 0 Å². The Morgan fingerprint density at radius 3 is 2.39 bits per heavy atom. The Kier molecular flexibility index (Phi) is 3.55. The summed E-state index contributed by atoms with van der Waals surface area (Å²) in [6, 6.07) is 10.6. The van der Waals surface area contributed by atoms with Gasteiger partial charge in [-0.2, -0.15) is 5.10 Å². The van der Waals surface area contributed by atoms with Gasteiger partial charge in [0.15, 0.2) is 0 Å². The molecule has 18 heavy (non-hydrogen) atoms. The van der Waals surface area contributed by atoms with Gasteiger partial charge in [-0.1, -0.05) is 44.9 Å². The van der Waals surface area contributed by atoms with E-state index in [0.717, 1.165) is 12.1 Å². The molecular weight excluding hydrogens is 220 g/mol. The number of rotatable bonds is 4. The fourth-order valence-electron chi connectivity index (χ4n) is 2.28. The second-order valence-electron chi connectivity index (χ2n) is 5.61. The molecule has 0 spiro atoms. The van der Waals surface area contributed by atoms with Crippen LogP contribution in [-0.4, -0.2) is 9.78 Å². The summed E-state index contributed by atoms with van der Waals surface area (Å²) in [7, 11) is 0. The molecule has 1 heterocycles. The van der Waals surface area contributed by atoms with Gasteiger partial charge in [0, 0.05) is 11.6 Å². The van der Waals surface area contributed by atoms with Crippen molar-refractivity contribution < 1.29 is 0 Å². The lowest BCUT2D eigenvalue weighted by Gasteiger charge is -2.21. The first-order valence-electron chi connectivity index (χ1n) is 6.66. The second-order valence-corrected chi connectivity index (χ2v) is 5.61. The first-order chi connectivity index (χ1) is 8.53. The van der Waals surface area contributed by atoms with Gasteiger partial charge >= 0.3 is 0 Å². The molecule has 1 aromatic carbocycles. The molecule has 0 fully saturated rings. The van der Waals surface area contributed by atoms with Crippen LogP contribution in [0.1, 0.15) is 44.9 Å². The van der Waals surface area contributed by atoms with Gasteiger partial charge in [0.05, 0.1) is 11.4 Å². The number of aromatic nitrogens is 2. The molecule has 0 N–H and O–H groups in total. The highest BCUT2D eigenvalue weighted by molar-refractivity contribution is 5.34. The van der Waals surface area contributed by atoms with Crippen molar-refractivity contribution in [3.63, 3.8) is 0 Å². The molecule has 0 atom stereocenters. The average molecular weight is 242 g/mol. The molecule has 2 aromatic rings. The van der Waals surface area contributed by atoms with Gasteiger partial charge in [0.25, 0.3) is 0 Å². The first kappa shape index (κ1) is 12.9. The van der Waals surface area contributed by atoms with Crippen LogP contribution in [0.3, 0.4) is 0 Å². The van der Waals surface area contributed by atoms with Gasteiger partial charge in [0.2, 0.25) is 0 Å². The maximum absolute atomic E-state index is 4.72. The molecule has 0 radical (unpaired) electrons. The lowest BCUT2D eigenvalue weighted by Crippen LogP contribution is -2.17. The standard InChI is InChI=1S/C16H22N2/c1-5-11-16(3,4)15-10-12-18(17-15)14-8-6-13(2)7-9-14/h6-10,12H,5,11H2,1-4H3. The maximum atomic E-state index is 4.72. The summed E-state index contributed by atoms with van der Waals surface area (Å²) >= 11 is 0. The normalized spacial score (nSPS) is 11.8. The van der Waals surface area contributed by atoms with Crippen molar-refractivity contribution in [2.24, 2.45) is 0 Å². The minimum Gasteiger partial charge on any atom is -0.241 e. The molecule has 2 nitrogen and oxygen atoms in total. The van der Waals surface area contributed by atoms with Crippen LogP contribution in [0.4, 0.5) is 0 Å². The van der Waals surface area contributed by atoms with Crippen LogP contribution in [0.15, 0.2) is 36.5 Å². The molecule has 0 aliphatic rings. The van der Waals surface area contributed by atoms with E-state index in [9.17, 15) is 0 Å². The Morgan fingerprint density at radius 2 is 1.78 bits per heavy atom. The number of aryl methyl sites for hydroxylation is 1. The predicted octanol–water partition coefficient (Wildman–Crippen LogP) is 4.26. The van der Waals surface area contributed by atoms with Crippen LogP contribution in [0, 0.1) is 6.92 Å². The summed E-state index contributed by atoms with van der Waals surface area (Å²) in [6.45, 7) is 8.85. The highest BCUT2D eigenvalue weighted by Crippen LogP contribution is 2.27. The zero-order valence-electron chi connectivity index (χ0n) is 11.8. The molecule has 2 heteroatoms. The Bertz CT molecular complexity index is 506. The Labute approximate surface area is 110 Å². The monoisotopic (exact) mass is 242 g/mol. The van der Waals surface area contributed by atoms with Gasteiger partial charge in [-0.05, 0) is 31.5 Å². The van der Waals surface area contributed by atoms with Crippen molar-refractivity contribution in [3.8, 4) is 5.69 Å². The van der Waals surface area contributed by atoms with E-state index >= 15 is 0 Å². The molecule has 0 saturated heterocycles. The fraction of sp³-hybridized carbons (Fsp3) is 0.438.